The molecule has 1 fully saturated rings. The van der Waals surface area contributed by atoms with Crippen LogP contribution in [0.25, 0.3) is 0 Å². The van der Waals surface area contributed by atoms with E-state index in [-0.39, 0.29) is 12.0 Å². The first-order valence-electron chi connectivity index (χ1n) is 8.05. The van der Waals surface area contributed by atoms with Crippen LogP contribution in [-0.2, 0) is 16.1 Å². The Morgan fingerprint density at radius 2 is 2.13 bits per heavy atom. The van der Waals surface area contributed by atoms with E-state index in [0.717, 1.165) is 37.6 Å². The molecule has 0 saturated carbocycles. The van der Waals surface area contributed by atoms with Crippen LogP contribution >= 0.6 is 0 Å². The summed E-state index contributed by atoms with van der Waals surface area (Å²) in [7, 11) is 0. The summed E-state index contributed by atoms with van der Waals surface area (Å²) in [6, 6.07) is 3.99. The van der Waals surface area contributed by atoms with Crippen molar-refractivity contribution in [2.24, 2.45) is 11.7 Å². The molecule has 0 amide bonds. The van der Waals surface area contributed by atoms with Gasteiger partial charge >= 0.3 is 5.97 Å². The monoisotopic (exact) mass is 326 g/mol. The van der Waals surface area contributed by atoms with E-state index in [1.54, 1.807) is 13.0 Å². The minimum atomic E-state index is -0.837. The molecule has 1 aromatic carbocycles. The van der Waals surface area contributed by atoms with Gasteiger partial charge < -0.3 is 10.5 Å². The van der Waals surface area contributed by atoms with Gasteiger partial charge in [0, 0.05) is 32.1 Å². The highest BCUT2D eigenvalue weighted by Crippen LogP contribution is 2.22. The van der Waals surface area contributed by atoms with Crippen LogP contribution in [0.15, 0.2) is 18.2 Å². The van der Waals surface area contributed by atoms with Crippen LogP contribution in [-0.4, -0.2) is 36.6 Å². The molecule has 1 aromatic rings. The molecule has 1 saturated heterocycles. The lowest BCUT2D eigenvalue weighted by Gasteiger charge is -2.36. The molecule has 0 spiro atoms. The first-order chi connectivity index (χ1) is 11.0. The van der Waals surface area contributed by atoms with E-state index in [0.29, 0.717) is 25.5 Å². The highest BCUT2D eigenvalue weighted by molar-refractivity contribution is 5.69. The van der Waals surface area contributed by atoms with Crippen LogP contribution < -0.4 is 5.73 Å². The van der Waals surface area contributed by atoms with Crippen LogP contribution in [0.2, 0.25) is 0 Å². The van der Waals surface area contributed by atoms with Gasteiger partial charge in [-0.3, -0.25) is 9.69 Å². The lowest BCUT2D eigenvalue weighted by molar-refractivity contribution is -0.143. The van der Waals surface area contributed by atoms with E-state index >= 15 is 0 Å². The van der Waals surface area contributed by atoms with Crippen molar-refractivity contribution >= 4 is 5.97 Å². The third-order valence-electron chi connectivity index (χ3n) is 4.10. The van der Waals surface area contributed by atoms with Crippen molar-refractivity contribution in [3.05, 3.63) is 35.4 Å². The van der Waals surface area contributed by atoms with E-state index in [1.165, 1.54) is 6.07 Å². The van der Waals surface area contributed by atoms with E-state index in [1.807, 2.05) is 0 Å². The van der Waals surface area contributed by atoms with Gasteiger partial charge in [0.25, 0.3) is 0 Å². The molecule has 23 heavy (non-hydrogen) atoms. The number of esters is 1. The summed E-state index contributed by atoms with van der Waals surface area (Å²) in [6.07, 6.45) is 2.00. The summed E-state index contributed by atoms with van der Waals surface area (Å²) < 4.78 is 31.2. The number of nitrogens with zero attached hydrogens (tertiary/aromatic N) is 1. The smallest absolute Gasteiger partial charge is 0.305 e. The Morgan fingerprint density at radius 1 is 1.35 bits per heavy atom. The van der Waals surface area contributed by atoms with Gasteiger partial charge in [0.2, 0.25) is 0 Å². The van der Waals surface area contributed by atoms with Crippen LogP contribution in [0.3, 0.4) is 0 Å². The zero-order chi connectivity index (χ0) is 16.8. The number of halogens is 2. The summed E-state index contributed by atoms with van der Waals surface area (Å²) >= 11 is 0. The Hall–Kier alpha value is -1.53. The molecule has 1 heterocycles. The molecule has 0 radical (unpaired) electrons. The molecule has 2 unspecified atom stereocenters. The maximum absolute atomic E-state index is 13.3. The maximum atomic E-state index is 13.3. The highest BCUT2D eigenvalue weighted by Gasteiger charge is 2.25. The van der Waals surface area contributed by atoms with E-state index in [2.05, 4.69) is 4.90 Å². The fourth-order valence-corrected chi connectivity index (χ4v) is 3.14. The Balaban J connectivity index is 1.89. The van der Waals surface area contributed by atoms with Gasteiger partial charge in [-0.1, -0.05) is 6.07 Å². The number of hydrogen-bond donors (Lipinski definition) is 1. The third kappa shape index (κ3) is 5.55. The van der Waals surface area contributed by atoms with Crippen LogP contribution in [0.5, 0.6) is 0 Å². The highest BCUT2D eigenvalue weighted by atomic mass is 19.2. The summed E-state index contributed by atoms with van der Waals surface area (Å²) in [5, 5.41) is 0. The Morgan fingerprint density at radius 3 is 2.83 bits per heavy atom. The predicted molar refractivity (Wildman–Crippen MR) is 83.6 cm³/mol. The number of nitrogens with two attached hydrogens (primary N) is 1. The molecule has 128 valence electrons. The predicted octanol–water partition coefficient (Wildman–Crippen LogP) is 2.46. The van der Waals surface area contributed by atoms with Gasteiger partial charge in [-0.05, 0) is 43.4 Å². The van der Waals surface area contributed by atoms with Crippen LogP contribution in [0.1, 0.15) is 31.7 Å². The van der Waals surface area contributed by atoms with Crippen molar-refractivity contribution in [3.63, 3.8) is 0 Å². The Kier molecular flexibility index (Phi) is 6.47. The van der Waals surface area contributed by atoms with Crippen molar-refractivity contribution in [2.45, 2.75) is 38.8 Å². The molecule has 2 atom stereocenters. The number of carbonyl (C=O) groups excluding carboxylic acids is 1. The lowest BCUT2D eigenvalue weighted by atomic mass is 9.90. The van der Waals surface area contributed by atoms with E-state index < -0.39 is 11.6 Å². The molecule has 0 bridgehead atoms. The average molecular weight is 326 g/mol. The maximum Gasteiger partial charge on any atom is 0.305 e. The number of ether oxygens (including phenoxy) is 1. The minimum absolute atomic E-state index is 0.0289. The van der Waals surface area contributed by atoms with Crippen LogP contribution in [0, 0.1) is 17.6 Å². The normalized spacial score (nSPS) is 22.1. The lowest BCUT2D eigenvalue weighted by Crippen LogP contribution is -2.46. The quantitative estimate of drug-likeness (QED) is 0.816. The molecule has 1 aliphatic heterocycles. The molecule has 2 N–H and O–H groups in total. The topological polar surface area (TPSA) is 55.6 Å². The van der Waals surface area contributed by atoms with Gasteiger partial charge in [-0.15, -0.1) is 0 Å². The molecule has 6 heteroatoms. The minimum Gasteiger partial charge on any atom is -0.466 e. The zero-order valence-corrected chi connectivity index (χ0v) is 13.4. The fraction of sp³-hybridized carbons (Fsp3) is 0.588. The Labute approximate surface area is 135 Å². The standard InChI is InChI=1S/C17H24F2N2O2/c1-2-23-17(22)6-4-12-7-14(20)11-21(9-12)10-13-3-5-15(18)16(19)8-13/h3,5,8,12,14H,2,4,6-7,9-11,20H2,1H3. The van der Waals surface area contributed by atoms with Gasteiger partial charge in [-0.25, -0.2) is 8.78 Å². The van der Waals surface area contributed by atoms with Crippen molar-refractivity contribution in [2.75, 3.05) is 19.7 Å². The van der Waals surface area contributed by atoms with Gasteiger partial charge in [0.05, 0.1) is 6.61 Å². The van der Waals surface area contributed by atoms with Crippen LogP contribution in [0.4, 0.5) is 8.78 Å². The summed E-state index contributed by atoms with van der Waals surface area (Å²) in [5.74, 6) is -1.54. The second-order valence-electron chi connectivity index (χ2n) is 6.15. The number of hydrogen-bond acceptors (Lipinski definition) is 4. The molecule has 0 aliphatic carbocycles. The third-order valence-corrected chi connectivity index (χ3v) is 4.10. The number of carbonyl (C=O) groups is 1. The van der Waals surface area contributed by atoms with E-state index in [9.17, 15) is 13.6 Å². The van der Waals surface area contributed by atoms with Crippen molar-refractivity contribution in [1.82, 2.24) is 4.90 Å². The SMILES string of the molecule is CCOC(=O)CCC1CC(N)CN(Cc2ccc(F)c(F)c2)C1. The Bertz CT molecular complexity index is 539. The first-order valence-corrected chi connectivity index (χ1v) is 8.05. The number of likely N-dealkylation sites (tertiary alicyclic amines) is 1. The van der Waals surface area contributed by atoms with Gasteiger partial charge in [0.1, 0.15) is 0 Å². The molecule has 0 aromatic heterocycles. The number of piperidine rings is 1. The summed E-state index contributed by atoms with van der Waals surface area (Å²) in [6.45, 7) is 4.23. The second-order valence-corrected chi connectivity index (χ2v) is 6.15. The summed E-state index contributed by atoms with van der Waals surface area (Å²) in [5.41, 5.74) is 6.82. The molecular formula is C17H24F2N2O2. The van der Waals surface area contributed by atoms with Gasteiger partial charge in [0.15, 0.2) is 11.6 Å². The van der Waals surface area contributed by atoms with Crippen molar-refractivity contribution < 1.29 is 18.3 Å². The largest absolute Gasteiger partial charge is 0.466 e. The molecule has 1 aliphatic rings. The number of benzene rings is 1. The van der Waals surface area contributed by atoms with Crippen molar-refractivity contribution in [1.29, 1.82) is 0 Å². The molecule has 4 nitrogen and oxygen atoms in total. The van der Waals surface area contributed by atoms with Crippen molar-refractivity contribution in [3.8, 4) is 0 Å². The molecular weight excluding hydrogens is 302 g/mol. The van der Waals surface area contributed by atoms with E-state index in [4.69, 9.17) is 10.5 Å². The summed E-state index contributed by atoms with van der Waals surface area (Å²) in [4.78, 5) is 13.6. The fourth-order valence-electron chi connectivity index (χ4n) is 3.14. The average Bonchev–Trinajstić information content (AvgIpc) is 2.49. The zero-order valence-electron chi connectivity index (χ0n) is 13.4. The molecule has 2 rings (SSSR count). The first kappa shape index (κ1) is 17.8. The van der Waals surface area contributed by atoms with Gasteiger partial charge in [-0.2, -0.15) is 0 Å². The number of rotatable bonds is 6. The second kappa shape index (κ2) is 8.36.